The lowest BCUT2D eigenvalue weighted by Gasteiger charge is -2.31. The summed E-state index contributed by atoms with van der Waals surface area (Å²) in [5.41, 5.74) is 5.65. The number of aliphatic hydroxyl groups is 1. The van der Waals surface area contributed by atoms with Crippen molar-refractivity contribution < 1.29 is 9.50 Å². The molecular formula is C13H20FNO. The van der Waals surface area contributed by atoms with Gasteiger partial charge in [0, 0.05) is 12.0 Å². The van der Waals surface area contributed by atoms with Crippen molar-refractivity contribution in [3.63, 3.8) is 0 Å². The number of rotatable bonds is 6. The highest BCUT2D eigenvalue weighted by atomic mass is 19.1. The van der Waals surface area contributed by atoms with Gasteiger partial charge in [-0.1, -0.05) is 38.0 Å². The largest absolute Gasteiger partial charge is 0.395 e. The Morgan fingerprint density at radius 2 is 2.06 bits per heavy atom. The molecule has 16 heavy (non-hydrogen) atoms. The molecule has 0 radical (unpaired) electrons. The monoisotopic (exact) mass is 225 g/mol. The maximum atomic E-state index is 13.7. The van der Waals surface area contributed by atoms with Crippen molar-refractivity contribution in [3.05, 3.63) is 35.6 Å². The molecule has 0 saturated heterocycles. The molecule has 1 aromatic rings. The fourth-order valence-electron chi connectivity index (χ4n) is 1.98. The Morgan fingerprint density at radius 3 is 2.56 bits per heavy atom. The summed E-state index contributed by atoms with van der Waals surface area (Å²) in [7, 11) is 0. The van der Waals surface area contributed by atoms with E-state index in [9.17, 15) is 9.50 Å². The highest BCUT2D eigenvalue weighted by Crippen LogP contribution is 2.30. The van der Waals surface area contributed by atoms with Gasteiger partial charge in [-0.15, -0.1) is 0 Å². The van der Waals surface area contributed by atoms with Crippen LogP contribution in [0.4, 0.5) is 4.39 Å². The second-order valence-electron chi connectivity index (χ2n) is 4.23. The van der Waals surface area contributed by atoms with Crippen LogP contribution in [0.25, 0.3) is 0 Å². The Morgan fingerprint density at radius 1 is 1.38 bits per heavy atom. The van der Waals surface area contributed by atoms with Gasteiger partial charge in [0.2, 0.25) is 0 Å². The molecule has 2 nitrogen and oxygen atoms in total. The van der Waals surface area contributed by atoms with Crippen molar-refractivity contribution in [1.82, 2.24) is 0 Å². The Balaban J connectivity index is 3.05. The third-order valence-electron chi connectivity index (χ3n) is 3.15. The van der Waals surface area contributed by atoms with Crippen LogP contribution in [0.3, 0.4) is 0 Å². The fourth-order valence-corrected chi connectivity index (χ4v) is 1.98. The van der Waals surface area contributed by atoms with Crippen molar-refractivity contribution in [1.29, 1.82) is 0 Å². The minimum absolute atomic E-state index is 0.107. The zero-order chi connectivity index (χ0) is 12.0. The van der Waals surface area contributed by atoms with E-state index in [4.69, 9.17) is 5.73 Å². The Hall–Kier alpha value is -0.930. The third-order valence-corrected chi connectivity index (χ3v) is 3.15. The maximum absolute atomic E-state index is 13.7. The van der Waals surface area contributed by atoms with Crippen molar-refractivity contribution in [3.8, 4) is 0 Å². The number of halogens is 1. The predicted octanol–water partition coefficient (Wildman–Crippen LogP) is 2.20. The van der Waals surface area contributed by atoms with E-state index in [0.29, 0.717) is 5.56 Å². The smallest absolute Gasteiger partial charge is 0.127 e. The van der Waals surface area contributed by atoms with Gasteiger partial charge in [0.05, 0.1) is 6.61 Å². The predicted molar refractivity (Wildman–Crippen MR) is 63.7 cm³/mol. The quantitative estimate of drug-likeness (QED) is 0.779. The second-order valence-corrected chi connectivity index (χ2v) is 4.23. The molecule has 1 unspecified atom stereocenters. The molecular weight excluding hydrogens is 205 g/mol. The maximum Gasteiger partial charge on any atom is 0.127 e. The van der Waals surface area contributed by atoms with Gasteiger partial charge in [0.25, 0.3) is 0 Å². The first kappa shape index (κ1) is 13.1. The minimum atomic E-state index is -0.624. The van der Waals surface area contributed by atoms with Crippen LogP contribution < -0.4 is 5.73 Å². The average molecular weight is 225 g/mol. The summed E-state index contributed by atoms with van der Waals surface area (Å²) in [4.78, 5) is 0. The van der Waals surface area contributed by atoms with Crippen LogP contribution >= 0.6 is 0 Å². The summed E-state index contributed by atoms with van der Waals surface area (Å²) in [6.45, 7) is 2.23. The molecule has 0 fully saturated rings. The molecule has 3 N–H and O–H groups in total. The van der Waals surface area contributed by atoms with Crippen molar-refractivity contribution in [2.24, 2.45) is 5.73 Å². The third kappa shape index (κ3) is 2.60. The standard InChI is InChI=1S/C13H20FNO/c1-2-3-8-13(9-15,10-16)11-6-4-5-7-12(11)14/h4-7,16H,2-3,8-10,15H2,1H3. The van der Waals surface area contributed by atoms with Gasteiger partial charge in [-0.25, -0.2) is 4.39 Å². The number of unbranched alkanes of at least 4 members (excludes halogenated alkanes) is 1. The molecule has 0 aliphatic carbocycles. The van der Waals surface area contributed by atoms with Crippen LogP contribution in [0.5, 0.6) is 0 Å². The number of hydrogen-bond donors (Lipinski definition) is 2. The molecule has 90 valence electrons. The zero-order valence-corrected chi connectivity index (χ0v) is 9.75. The highest BCUT2D eigenvalue weighted by molar-refractivity contribution is 5.28. The SMILES string of the molecule is CCCCC(CN)(CO)c1ccccc1F. The first-order valence-corrected chi connectivity index (χ1v) is 5.76. The summed E-state index contributed by atoms with van der Waals surface area (Å²) in [5, 5.41) is 9.53. The summed E-state index contributed by atoms with van der Waals surface area (Å²) >= 11 is 0. The van der Waals surface area contributed by atoms with Gasteiger partial charge in [-0.2, -0.15) is 0 Å². The fraction of sp³-hybridized carbons (Fsp3) is 0.538. The molecule has 1 rings (SSSR count). The van der Waals surface area contributed by atoms with Gasteiger partial charge in [-0.3, -0.25) is 0 Å². The lowest BCUT2D eigenvalue weighted by Crippen LogP contribution is -2.39. The molecule has 0 spiro atoms. The topological polar surface area (TPSA) is 46.2 Å². The van der Waals surface area contributed by atoms with Gasteiger partial charge >= 0.3 is 0 Å². The zero-order valence-electron chi connectivity index (χ0n) is 9.75. The van der Waals surface area contributed by atoms with Gasteiger partial charge in [-0.05, 0) is 18.1 Å². The van der Waals surface area contributed by atoms with E-state index in [1.54, 1.807) is 18.2 Å². The first-order valence-electron chi connectivity index (χ1n) is 5.76. The number of nitrogens with two attached hydrogens (primary N) is 1. The Bertz CT molecular complexity index is 323. The lowest BCUT2D eigenvalue weighted by atomic mass is 9.77. The molecule has 1 atom stereocenters. The van der Waals surface area contributed by atoms with E-state index in [-0.39, 0.29) is 19.0 Å². The number of aliphatic hydroxyl groups excluding tert-OH is 1. The Labute approximate surface area is 96.3 Å². The Kier molecular flexibility index (Phi) is 4.90. The average Bonchev–Trinajstić information content (AvgIpc) is 2.33. The van der Waals surface area contributed by atoms with E-state index in [1.807, 2.05) is 0 Å². The molecule has 0 aliphatic heterocycles. The van der Waals surface area contributed by atoms with E-state index < -0.39 is 5.41 Å². The number of hydrogen-bond acceptors (Lipinski definition) is 2. The van der Waals surface area contributed by atoms with Crippen LogP contribution in [0, 0.1) is 5.82 Å². The normalized spacial score (nSPS) is 14.8. The van der Waals surface area contributed by atoms with Crippen molar-refractivity contribution >= 4 is 0 Å². The summed E-state index contributed by atoms with van der Waals surface area (Å²) in [6, 6.07) is 6.57. The molecule has 0 amide bonds. The summed E-state index contributed by atoms with van der Waals surface area (Å²) in [5.74, 6) is -0.280. The number of benzene rings is 1. The summed E-state index contributed by atoms with van der Waals surface area (Å²) < 4.78 is 13.7. The van der Waals surface area contributed by atoms with Crippen LogP contribution in [0.15, 0.2) is 24.3 Å². The molecule has 0 heterocycles. The van der Waals surface area contributed by atoms with Crippen LogP contribution in [-0.4, -0.2) is 18.3 Å². The van der Waals surface area contributed by atoms with Crippen LogP contribution in [0.2, 0.25) is 0 Å². The second kappa shape index (κ2) is 5.97. The van der Waals surface area contributed by atoms with Crippen LogP contribution in [0.1, 0.15) is 31.7 Å². The lowest BCUT2D eigenvalue weighted by molar-refractivity contribution is 0.181. The minimum Gasteiger partial charge on any atom is -0.395 e. The van der Waals surface area contributed by atoms with E-state index in [0.717, 1.165) is 19.3 Å². The van der Waals surface area contributed by atoms with Crippen LogP contribution in [-0.2, 0) is 5.41 Å². The molecule has 0 aromatic heterocycles. The first-order chi connectivity index (χ1) is 7.70. The van der Waals surface area contributed by atoms with Gasteiger partial charge < -0.3 is 10.8 Å². The van der Waals surface area contributed by atoms with Crippen molar-refractivity contribution in [2.75, 3.05) is 13.2 Å². The van der Waals surface area contributed by atoms with Gasteiger partial charge in [0.15, 0.2) is 0 Å². The van der Waals surface area contributed by atoms with E-state index in [2.05, 4.69) is 6.92 Å². The molecule has 0 saturated carbocycles. The summed E-state index contributed by atoms with van der Waals surface area (Å²) in [6.07, 6.45) is 2.67. The van der Waals surface area contributed by atoms with E-state index >= 15 is 0 Å². The molecule has 3 heteroatoms. The highest BCUT2D eigenvalue weighted by Gasteiger charge is 2.31. The molecule has 0 bridgehead atoms. The van der Waals surface area contributed by atoms with E-state index in [1.165, 1.54) is 6.07 Å². The molecule has 0 aliphatic rings. The molecule has 1 aromatic carbocycles. The van der Waals surface area contributed by atoms with Crippen molar-refractivity contribution in [2.45, 2.75) is 31.6 Å². The van der Waals surface area contributed by atoms with Gasteiger partial charge in [0.1, 0.15) is 5.82 Å².